The minimum atomic E-state index is -0.0796. The summed E-state index contributed by atoms with van der Waals surface area (Å²) in [6, 6.07) is 13.6. The monoisotopic (exact) mass is 395 g/mol. The Balaban J connectivity index is 1.47. The molecule has 3 aromatic rings. The third-order valence-corrected chi connectivity index (χ3v) is 5.58. The van der Waals surface area contributed by atoms with Crippen LogP contribution in [-0.2, 0) is 13.2 Å². The second kappa shape index (κ2) is 7.68. The number of anilines is 1. The van der Waals surface area contributed by atoms with E-state index in [4.69, 9.17) is 16.3 Å². The highest BCUT2D eigenvalue weighted by Crippen LogP contribution is 2.28. The van der Waals surface area contributed by atoms with Gasteiger partial charge in [0, 0.05) is 23.5 Å². The standard InChI is InChI=1S/C22H22ClN3O2/c1-15-12-18(13-16(2)21(15)23)28-14-25-11-9-19(24-25)22(27)26-10-5-7-17-6-3-4-8-20(17)26/h3-4,6,8-9,11-13H,5,7,10,14H2,1-2H3. The highest BCUT2D eigenvalue weighted by Gasteiger charge is 2.24. The van der Waals surface area contributed by atoms with E-state index in [2.05, 4.69) is 11.2 Å². The molecule has 28 heavy (non-hydrogen) atoms. The fourth-order valence-corrected chi connectivity index (χ4v) is 3.67. The van der Waals surface area contributed by atoms with Crippen LogP contribution >= 0.6 is 11.6 Å². The van der Waals surface area contributed by atoms with E-state index in [-0.39, 0.29) is 12.6 Å². The molecular weight excluding hydrogens is 374 g/mol. The van der Waals surface area contributed by atoms with E-state index in [9.17, 15) is 4.79 Å². The molecular formula is C22H22ClN3O2. The molecule has 2 aromatic carbocycles. The minimum Gasteiger partial charge on any atom is -0.471 e. The van der Waals surface area contributed by atoms with Gasteiger partial charge in [0.25, 0.3) is 5.91 Å². The van der Waals surface area contributed by atoms with Crippen LogP contribution in [0.15, 0.2) is 48.7 Å². The second-order valence-electron chi connectivity index (χ2n) is 7.07. The lowest BCUT2D eigenvalue weighted by molar-refractivity contribution is 0.0978. The lowest BCUT2D eigenvalue weighted by Gasteiger charge is -2.28. The Labute approximate surface area is 169 Å². The summed E-state index contributed by atoms with van der Waals surface area (Å²) in [4.78, 5) is 14.8. The number of hydrogen-bond donors (Lipinski definition) is 0. The second-order valence-corrected chi connectivity index (χ2v) is 7.45. The van der Waals surface area contributed by atoms with Crippen molar-refractivity contribution in [2.45, 2.75) is 33.4 Å². The zero-order valence-corrected chi connectivity index (χ0v) is 16.7. The summed E-state index contributed by atoms with van der Waals surface area (Å²) < 4.78 is 7.45. The zero-order valence-electron chi connectivity index (χ0n) is 16.0. The summed E-state index contributed by atoms with van der Waals surface area (Å²) in [5, 5.41) is 5.16. The molecule has 4 rings (SSSR count). The van der Waals surface area contributed by atoms with E-state index >= 15 is 0 Å². The van der Waals surface area contributed by atoms with Gasteiger partial charge in [-0.2, -0.15) is 5.10 Å². The summed E-state index contributed by atoms with van der Waals surface area (Å²) in [6.45, 7) is 4.83. The molecule has 2 heterocycles. The van der Waals surface area contributed by atoms with Crippen molar-refractivity contribution < 1.29 is 9.53 Å². The third-order valence-electron chi connectivity index (χ3n) is 4.99. The van der Waals surface area contributed by atoms with E-state index in [0.717, 1.165) is 40.4 Å². The molecule has 1 amide bonds. The van der Waals surface area contributed by atoms with Crippen LogP contribution in [0, 0.1) is 13.8 Å². The quantitative estimate of drug-likeness (QED) is 0.638. The fraction of sp³-hybridized carbons (Fsp3) is 0.273. The summed E-state index contributed by atoms with van der Waals surface area (Å²) in [5.74, 6) is 0.650. The molecule has 1 aliphatic rings. The van der Waals surface area contributed by atoms with Gasteiger partial charge in [-0.3, -0.25) is 4.79 Å². The average Bonchev–Trinajstić information content (AvgIpc) is 3.18. The number of para-hydroxylation sites is 1. The maximum absolute atomic E-state index is 13.0. The molecule has 0 atom stereocenters. The van der Waals surface area contributed by atoms with E-state index in [1.165, 1.54) is 5.56 Å². The smallest absolute Gasteiger partial charge is 0.278 e. The number of carbonyl (C=O) groups excluding carboxylic acids is 1. The van der Waals surface area contributed by atoms with E-state index in [0.29, 0.717) is 12.2 Å². The van der Waals surface area contributed by atoms with Crippen LogP contribution in [0.2, 0.25) is 5.02 Å². The predicted octanol–water partition coefficient (Wildman–Crippen LogP) is 4.78. The number of benzene rings is 2. The number of carbonyl (C=O) groups is 1. The van der Waals surface area contributed by atoms with Crippen molar-refractivity contribution in [2.24, 2.45) is 0 Å². The Bertz CT molecular complexity index is 1010. The van der Waals surface area contributed by atoms with Crippen LogP contribution in [0.3, 0.4) is 0 Å². The number of hydrogen-bond acceptors (Lipinski definition) is 3. The van der Waals surface area contributed by atoms with Crippen LogP contribution < -0.4 is 9.64 Å². The fourth-order valence-electron chi connectivity index (χ4n) is 3.56. The molecule has 0 saturated carbocycles. The molecule has 0 fully saturated rings. The summed E-state index contributed by atoms with van der Waals surface area (Å²) in [6.07, 6.45) is 3.72. The normalized spacial score (nSPS) is 13.3. The van der Waals surface area contributed by atoms with Crippen molar-refractivity contribution in [3.63, 3.8) is 0 Å². The lowest BCUT2D eigenvalue weighted by atomic mass is 10.0. The van der Waals surface area contributed by atoms with Gasteiger partial charge in [0.15, 0.2) is 12.4 Å². The first-order chi connectivity index (χ1) is 13.5. The van der Waals surface area contributed by atoms with E-state index < -0.39 is 0 Å². The van der Waals surface area contributed by atoms with E-state index in [1.807, 2.05) is 49.1 Å². The SMILES string of the molecule is Cc1cc(OCn2ccc(C(=O)N3CCCc4ccccc43)n2)cc(C)c1Cl. The number of aryl methyl sites for hydroxylation is 3. The average molecular weight is 396 g/mol. The number of nitrogens with zero attached hydrogens (tertiary/aromatic N) is 3. The number of halogens is 1. The van der Waals surface area contributed by atoms with Gasteiger partial charge < -0.3 is 9.64 Å². The predicted molar refractivity (Wildman–Crippen MR) is 110 cm³/mol. The van der Waals surface area contributed by atoms with Crippen molar-refractivity contribution in [3.05, 3.63) is 76.1 Å². The van der Waals surface area contributed by atoms with Gasteiger partial charge >= 0.3 is 0 Å². The first kappa shape index (κ1) is 18.6. The van der Waals surface area contributed by atoms with Gasteiger partial charge in [-0.1, -0.05) is 29.8 Å². The summed E-state index contributed by atoms with van der Waals surface area (Å²) in [5.41, 5.74) is 4.55. The van der Waals surface area contributed by atoms with Gasteiger partial charge in [0.05, 0.1) is 0 Å². The highest BCUT2D eigenvalue weighted by molar-refractivity contribution is 6.32. The maximum Gasteiger partial charge on any atom is 0.278 e. The first-order valence-corrected chi connectivity index (χ1v) is 9.73. The Morgan fingerprint density at radius 3 is 2.71 bits per heavy atom. The Kier molecular flexibility index (Phi) is 5.09. The van der Waals surface area contributed by atoms with E-state index in [1.54, 1.807) is 16.9 Å². The zero-order chi connectivity index (χ0) is 19.7. The van der Waals surface area contributed by atoms with Crippen molar-refractivity contribution in [1.82, 2.24) is 9.78 Å². The molecule has 5 nitrogen and oxygen atoms in total. The lowest BCUT2D eigenvalue weighted by Crippen LogP contribution is -2.35. The van der Waals surface area contributed by atoms with Gasteiger partial charge in [-0.25, -0.2) is 4.68 Å². The Hall–Kier alpha value is -2.79. The van der Waals surface area contributed by atoms with Crippen molar-refractivity contribution in [3.8, 4) is 5.75 Å². The Morgan fingerprint density at radius 1 is 1.18 bits per heavy atom. The molecule has 0 saturated heterocycles. The molecule has 0 radical (unpaired) electrons. The summed E-state index contributed by atoms with van der Waals surface area (Å²) >= 11 is 6.20. The number of rotatable bonds is 4. The molecule has 6 heteroatoms. The first-order valence-electron chi connectivity index (χ1n) is 9.35. The van der Waals surface area contributed by atoms with Crippen molar-refractivity contribution >= 4 is 23.2 Å². The van der Waals surface area contributed by atoms with Gasteiger partial charge in [-0.15, -0.1) is 0 Å². The van der Waals surface area contributed by atoms with Crippen LogP contribution in [0.1, 0.15) is 33.6 Å². The largest absolute Gasteiger partial charge is 0.471 e. The maximum atomic E-state index is 13.0. The molecule has 0 aliphatic carbocycles. The number of amides is 1. The molecule has 1 aromatic heterocycles. The Morgan fingerprint density at radius 2 is 1.93 bits per heavy atom. The van der Waals surface area contributed by atoms with Crippen molar-refractivity contribution in [2.75, 3.05) is 11.4 Å². The number of aromatic nitrogens is 2. The van der Waals surface area contributed by atoms with Crippen LogP contribution in [0.5, 0.6) is 5.75 Å². The third kappa shape index (κ3) is 3.62. The van der Waals surface area contributed by atoms with Gasteiger partial charge in [-0.05, 0) is 67.6 Å². The molecule has 144 valence electrons. The number of ether oxygens (including phenoxy) is 1. The summed E-state index contributed by atoms with van der Waals surface area (Å²) in [7, 11) is 0. The van der Waals surface area contributed by atoms with Crippen LogP contribution in [0.4, 0.5) is 5.69 Å². The number of fused-ring (bicyclic) bond motifs is 1. The van der Waals surface area contributed by atoms with Gasteiger partial charge in [0.1, 0.15) is 5.75 Å². The van der Waals surface area contributed by atoms with Crippen molar-refractivity contribution in [1.29, 1.82) is 0 Å². The highest BCUT2D eigenvalue weighted by atomic mass is 35.5. The molecule has 0 bridgehead atoms. The molecule has 1 aliphatic heterocycles. The topological polar surface area (TPSA) is 47.4 Å². The van der Waals surface area contributed by atoms with Gasteiger partial charge in [0.2, 0.25) is 0 Å². The molecule has 0 N–H and O–H groups in total. The molecule has 0 unspecified atom stereocenters. The van der Waals surface area contributed by atoms with Crippen LogP contribution in [0.25, 0.3) is 0 Å². The molecule has 0 spiro atoms. The minimum absolute atomic E-state index is 0.0796. The van der Waals surface area contributed by atoms with Crippen LogP contribution in [-0.4, -0.2) is 22.2 Å².